The van der Waals surface area contributed by atoms with Crippen LogP contribution in [0.5, 0.6) is 0 Å². The Morgan fingerprint density at radius 3 is 3.06 bits per heavy atom. The first-order chi connectivity index (χ1) is 8.16. The van der Waals surface area contributed by atoms with Crippen LogP contribution >= 0.6 is 0 Å². The second-order valence-electron chi connectivity index (χ2n) is 4.51. The van der Waals surface area contributed by atoms with Crippen LogP contribution in [0.4, 0.5) is 5.69 Å². The first-order valence-electron chi connectivity index (χ1n) is 6.03. The lowest BCUT2D eigenvalue weighted by Gasteiger charge is -2.10. The van der Waals surface area contributed by atoms with E-state index >= 15 is 0 Å². The predicted octanol–water partition coefficient (Wildman–Crippen LogP) is 2.25. The number of rotatable bonds is 4. The maximum atomic E-state index is 12.1. The summed E-state index contributed by atoms with van der Waals surface area (Å²) in [4.78, 5) is 0.767. The van der Waals surface area contributed by atoms with Crippen molar-refractivity contribution in [2.45, 2.75) is 37.2 Å². The van der Waals surface area contributed by atoms with Gasteiger partial charge in [0.15, 0.2) is 0 Å². The van der Waals surface area contributed by atoms with E-state index in [1.807, 2.05) is 25.1 Å². The molecular weight excluding hydrogens is 234 g/mol. The van der Waals surface area contributed by atoms with E-state index in [9.17, 15) is 4.21 Å². The van der Waals surface area contributed by atoms with Gasteiger partial charge >= 0.3 is 0 Å². The highest BCUT2D eigenvalue weighted by Gasteiger charge is 2.17. The molecule has 1 fully saturated rings. The third kappa shape index (κ3) is 3.30. The number of nitrogens with two attached hydrogens (primary N) is 1. The van der Waals surface area contributed by atoms with Crippen LogP contribution in [-0.2, 0) is 15.5 Å². The molecule has 0 aromatic heterocycles. The molecule has 0 bridgehead atoms. The summed E-state index contributed by atoms with van der Waals surface area (Å²) < 4.78 is 17.7. The lowest BCUT2D eigenvalue weighted by Crippen LogP contribution is -2.11. The number of ether oxygens (including phenoxy) is 1. The van der Waals surface area contributed by atoms with Gasteiger partial charge in [-0.3, -0.25) is 4.21 Å². The molecule has 2 atom stereocenters. The standard InChI is InChI=1S/C13H19NO2S/c1-10-4-5-12(14)13(9-10)17(15)8-6-11-3-2-7-16-11/h4-5,9,11H,2-3,6-8,14H2,1H3. The molecule has 0 aliphatic carbocycles. The molecule has 2 N–H and O–H groups in total. The van der Waals surface area contributed by atoms with Crippen LogP contribution in [0.1, 0.15) is 24.8 Å². The fraction of sp³-hybridized carbons (Fsp3) is 0.538. The minimum absolute atomic E-state index is 0.296. The number of hydrogen-bond acceptors (Lipinski definition) is 3. The molecule has 4 heteroatoms. The van der Waals surface area contributed by atoms with E-state index in [2.05, 4.69) is 0 Å². The zero-order chi connectivity index (χ0) is 12.3. The summed E-state index contributed by atoms with van der Waals surface area (Å²) in [7, 11) is -1.01. The highest BCUT2D eigenvalue weighted by Crippen LogP contribution is 2.21. The number of benzene rings is 1. The van der Waals surface area contributed by atoms with Crippen LogP contribution in [0.3, 0.4) is 0 Å². The summed E-state index contributed by atoms with van der Waals surface area (Å²) >= 11 is 0. The van der Waals surface area contributed by atoms with Gasteiger partial charge in [-0.25, -0.2) is 0 Å². The van der Waals surface area contributed by atoms with Crippen molar-refractivity contribution in [3.63, 3.8) is 0 Å². The van der Waals surface area contributed by atoms with E-state index in [0.717, 1.165) is 36.3 Å². The summed E-state index contributed by atoms with van der Waals surface area (Å²) in [6.45, 7) is 2.84. The fourth-order valence-electron chi connectivity index (χ4n) is 2.06. The number of hydrogen-bond donors (Lipinski definition) is 1. The second-order valence-corrected chi connectivity index (χ2v) is 6.05. The Morgan fingerprint density at radius 2 is 2.35 bits per heavy atom. The normalized spacial score (nSPS) is 21.6. The summed E-state index contributed by atoms with van der Waals surface area (Å²) in [6.07, 6.45) is 3.38. The first-order valence-corrected chi connectivity index (χ1v) is 7.35. The van der Waals surface area contributed by atoms with Crippen molar-refractivity contribution in [3.8, 4) is 0 Å². The lowest BCUT2D eigenvalue weighted by molar-refractivity contribution is 0.109. The van der Waals surface area contributed by atoms with Crippen molar-refractivity contribution in [1.29, 1.82) is 0 Å². The Balaban J connectivity index is 1.96. The zero-order valence-electron chi connectivity index (χ0n) is 10.1. The molecule has 1 heterocycles. The summed E-state index contributed by atoms with van der Waals surface area (Å²) in [6, 6.07) is 5.69. The molecule has 1 aliphatic rings. The molecule has 3 nitrogen and oxygen atoms in total. The monoisotopic (exact) mass is 253 g/mol. The van der Waals surface area contributed by atoms with Gasteiger partial charge in [-0.1, -0.05) is 6.07 Å². The Bertz CT molecular complexity index is 414. The molecule has 17 heavy (non-hydrogen) atoms. The van der Waals surface area contributed by atoms with E-state index in [-0.39, 0.29) is 0 Å². The quantitative estimate of drug-likeness (QED) is 0.837. The third-order valence-electron chi connectivity index (χ3n) is 3.06. The van der Waals surface area contributed by atoms with Crippen molar-refractivity contribution in [2.75, 3.05) is 18.1 Å². The van der Waals surface area contributed by atoms with E-state index in [1.54, 1.807) is 0 Å². The van der Waals surface area contributed by atoms with Gasteiger partial charge in [0.2, 0.25) is 0 Å². The average Bonchev–Trinajstić information content (AvgIpc) is 2.82. The van der Waals surface area contributed by atoms with E-state index in [1.165, 1.54) is 0 Å². The fourth-order valence-corrected chi connectivity index (χ4v) is 3.40. The molecule has 1 aliphatic heterocycles. The van der Waals surface area contributed by atoms with Gasteiger partial charge in [-0.2, -0.15) is 0 Å². The molecule has 0 saturated carbocycles. The Labute approximate surface area is 105 Å². The minimum Gasteiger partial charge on any atom is -0.398 e. The predicted molar refractivity (Wildman–Crippen MR) is 70.5 cm³/mol. The summed E-state index contributed by atoms with van der Waals surface area (Å²) in [5.74, 6) is 0.637. The molecule has 1 aromatic carbocycles. The molecule has 1 aromatic rings. The van der Waals surface area contributed by atoms with Crippen LogP contribution in [0.25, 0.3) is 0 Å². The van der Waals surface area contributed by atoms with Crippen LogP contribution in [0, 0.1) is 6.92 Å². The van der Waals surface area contributed by atoms with Gasteiger partial charge in [-0.05, 0) is 43.9 Å². The molecule has 0 radical (unpaired) electrons. The third-order valence-corrected chi connectivity index (χ3v) is 4.51. The smallest absolute Gasteiger partial charge is 0.0620 e. The lowest BCUT2D eigenvalue weighted by atomic mass is 10.2. The highest BCUT2D eigenvalue weighted by molar-refractivity contribution is 7.85. The maximum absolute atomic E-state index is 12.1. The second kappa shape index (κ2) is 5.65. The molecule has 0 amide bonds. The Hall–Kier alpha value is -0.870. The van der Waals surface area contributed by atoms with Gasteiger partial charge in [0.25, 0.3) is 0 Å². The maximum Gasteiger partial charge on any atom is 0.0620 e. The number of aryl methyl sites for hydroxylation is 1. The van der Waals surface area contributed by atoms with E-state index in [0.29, 0.717) is 17.5 Å². The van der Waals surface area contributed by atoms with Gasteiger partial charge in [0.05, 0.1) is 21.8 Å². The van der Waals surface area contributed by atoms with Crippen LogP contribution in [0.15, 0.2) is 23.1 Å². The SMILES string of the molecule is Cc1ccc(N)c(S(=O)CCC2CCCO2)c1. The first kappa shape index (κ1) is 12.6. The molecular formula is C13H19NO2S. The molecule has 94 valence electrons. The number of anilines is 1. The molecule has 2 rings (SSSR count). The minimum atomic E-state index is -1.01. The summed E-state index contributed by atoms with van der Waals surface area (Å²) in [5, 5.41) is 0. The largest absolute Gasteiger partial charge is 0.398 e. The van der Waals surface area contributed by atoms with E-state index in [4.69, 9.17) is 10.5 Å². The van der Waals surface area contributed by atoms with Gasteiger partial charge < -0.3 is 10.5 Å². The van der Waals surface area contributed by atoms with Crippen LogP contribution in [0.2, 0.25) is 0 Å². The zero-order valence-corrected chi connectivity index (χ0v) is 11.0. The van der Waals surface area contributed by atoms with Crippen molar-refractivity contribution < 1.29 is 8.95 Å². The topological polar surface area (TPSA) is 52.3 Å². The molecule has 2 unspecified atom stereocenters. The molecule has 1 saturated heterocycles. The van der Waals surface area contributed by atoms with Crippen molar-refractivity contribution in [2.24, 2.45) is 0 Å². The van der Waals surface area contributed by atoms with Crippen molar-refractivity contribution in [1.82, 2.24) is 0 Å². The van der Waals surface area contributed by atoms with Crippen LogP contribution < -0.4 is 5.73 Å². The molecule has 0 spiro atoms. The van der Waals surface area contributed by atoms with Crippen LogP contribution in [-0.4, -0.2) is 22.7 Å². The van der Waals surface area contributed by atoms with Crippen molar-refractivity contribution >= 4 is 16.5 Å². The average molecular weight is 253 g/mol. The van der Waals surface area contributed by atoms with Crippen molar-refractivity contribution in [3.05, 3.63) is 23.8 Å². The van der Waals surface area contributed by atoms with Gasteiger partial charge in [-0.15, -0.1) is 0 Å². The summed E-state index contributed by atoms with van der Waals surface area (Å²) in [5.41, 5.74) is 7.57. The Morgan fingerprint density at radius 1 is 1.53 bits per heavy atom. The van der Waals surface area contributed by atoms with Gasteiger partial charge in [0.1, 0.15) is 0 Å². The van der Waals surface area contributed by atoms with Gasteiger partial charge in [0, 0.05) is 18.0 Å². The van der Waals surface area contributed by atoms with E-state index < -0.39 is 10.8 Å². The number of nitrogen functional groups attached to an aromatic ring is 1. The Kier molecular flexibility index (Phi) is 4.18. The highest BCUT2D eigenvalue weighted by atomic mass is 32.2.